The van der Waals surface area contributed by atoms with Gasteiger partial charge in [-0.15, -0.1) is 0 Å². The Bertz CT molecular complexity index is 213. The highest BCUT2D eigenvalue weighted by atomic mass is 79.9. The first-order valence-corrected chi connectivity index (χ1v) is 7.36. The quantitative estimate of drug-likeness (QED) is 0.692. The summed E-state index contributed by atoms with van der Waals surface area (Å²) >= 11 is 3.65. The van der Waals surface area contributed by atoms with Crippen LogP contribution in [0.25, 0.3) is 0 Å². The highest BCUT2D eigenvalue weighted by molar-refractivity contribution is 9.09. The van der Waals surface area contributed by atoms with Crippen molar-refractivity contribution < 1.29 is 4.79 Å². The van der Waals surface area contributed by atoms with Crippen molar-refractivity contribution in [3.63, 3.8) is 0 Å². The van der Waals surface area contributed by atoms with Gasteiger partial charge in [-0.3, -0.25) is 4.79 Å². The molecule has 0 aromatic heterocycles. The van der Waals surface area contributed by atoms with Crippen LogP contribution in [-0.4, -0.2) is 10.6 Å². The zero-order valence-corrected chi connectivity index (χ0v) is 11.0. The van der Waals surface area contributed by atoms with Crippen LogP contribution in [-0.2, 0) is 4.79 Å². The largest absolute Gasteiger partial charge is 0.299 e. The molecule has 2 fully saturated rings. The second-order valence-corrected chi connectivity index (χ2v) is 6.48. The number of hydrogen-bond acceptors (Lipinski definition) is 1. The number of Topliss-reactive ketones (excluding diaryl/α,β-unsaturated/α-hetero) is 1. The first-order valence-electron chi connectivity index (χ1n) is 6.45. The van der Waals surface area contributed by atoms with Crippen molar-refractivity contribution in [2.45, 2.75) is 62.6 Å². The molecule has 0 amide bonds. The monoisotopic (exact) mass is 272 g/mol. The lowest BCUT2D eigenvalue weighted by molar-refractivity contribution is -0.128. The Kier molecular flexibility index (Phi) is 4.24. The van der Waals surface area contributed by atoms with Gasteiger partial charge < -0.3 is 0 Å². The van der Waals surface area contributed by atoms with Gasteiger partial charge in [0, 0.05) is 16.7 Å². The molecule has 0 N–H and O–H groups in total. The molecule has 2 aliphatic carbocycles. The van der Waals surface area contributed by atoms with Crippen LogP contribution in [0.5, 0.6) is 0 Å². The van der Waals surface area contributed by atoms with Crippen LogP contribution in [0.1, 0.15) is 57.8 Å². The first kappa shape index (κ1) is 11.6. The summed E-state index contributed by atoms with van der Waals surface area (Å²) < 4.78 is 0. The molecule has 0 aliphatic heterocycles. The molecule has 1 nitrogen and oxygen atoms in total. The summed E-state index contributed by atoms with van der Waals surface area (Å²) in [5, 5.41) is 0. The van der Waals surface area contributed by atoms with Crippen LogP contribution in [0.15, 0.2) is 0 Å². The molecule has 0 aromatic carbocycles. The normalized spacial score (nSPS) is 33.9. The van der Waals surface area contributed by atoms with Gasteiger partial charge in [0.2, 0.25) is 0 Å². The fraction of sp³-hybridized carbons (Fsp3) is 0.923. The summed E-state index contributed by atoms with van der Waals surface area (Å²) in [7, 11) is 0. The first-order chi connectivity index (χ1) is 7.27. The second-order valence-electron chi connectivity index (χ2n) is 5.19. The van der Waals surface area contributed by atoms with Gasteiger partial charge in [-0.2, -0.15) is 0 Å². The fourth-order valence-electron chi connectivity index (χ4n) is 3.06. The SMILES string of the molecule is O=C(C1CCCCC1)C1CCC(Br)CC1. The Morgan fingerprint density at radius 3 is 1.93 bits per heavy atom. The van der Waals surface area contributed by atoms with Gasteiger partial charge in [-0.1, -0.05) is 35.2 Å². The highest BCUT2D eigenvalue weighted by Gasteiger charge is 2.30. The van der Waals surface area contributed by atoms with E-state index in [-0.39, 0.29) is 0 Å². The lowest BCUT2D eigenvalue weighted by atomic mass is 9.76. The number of alkyl halides is 1. The third-order valence-corrected chi connectivity index (χ3v) is 4.98. The Morgan fingerprint density at radius 2 is 1.33 bits per heavy atom. The van der Waals surface area contributed by atoms with Crippen LogP contribution in [0, 0.1) is 11.8 Å². The summed E-state index contributed by atoms with van der Waals surface area (Å²) in [4.78, 5) is 12.9. The lowest BCUT2D eigenvalue weighted by Crippen LogP contribution is -2.28. The average Bonchev–Trinajstić information content (AvgIpc) is 2.30. The lowest BCUT2D eigenvalue weighted by Gasteiger charge is -2.29. The zero-order chi connectivity index (χ0) is 10.7. The maximum Gasteiger partial charge on any atom is 0.139 e. The van der Waals surface area contributed by atoms with Gasteiger partial charge in [-0.05, 0) is 38.5 Å². The van der Waals surface area contributed by atoms with E-state index in [9.17, 15) is 4.79 Å². The molecule has 86 valence electrons. The van der Waals surface area contributed by atoms with Crippen molar-refractivity contribution in [3.8, 4) is 0 Å². The molecule has 15 heavy (non-hydrogen) atoms. The van der Waals surface area contributed by atoms with Gasteiger partial charge in [0.15, 0.2) is 0 Å². The van der Waals surface area contributed by atoms with E-state index in [2.05, 4.69) is 15.9 Å². The van der Waals surface area contributed by atoms with Crippen molar-refractivity contribution in [2.75, 3.05) is 0 Å². The predicted molar refractivity (Wildman–Crippen MR) is 66.3 cm³/mol. The van der Waals surface area contributed by atoms with Crippen molar-refractivity contribution in [1.82, 2.24) is 0 Å². The van der Waals surface area contributed by atoms with E-state index in [1.807, 2.05) is 0 Å². The minimum absolute atomic E-state index is 0.405. The average molecular weight is 273 g/mol. The summed E-state index contributed by atoms with van der Waals surface area (Å²) in [6.07, 6.45) is 10.9. The minimum atomic E-state index is 0.405. The van der Waals surface area contributed by atoms with Crippen LogP contribution >= 0.6 is 15.9 Å². The van der Waals surface area contributed by atoms with E-state index in [1.54, 1.807) is 0 Å². The van der Waals surface area contributed by atoms with Crippen molar-refractivity contribution in [3.05, 3.63) is 0 Å². The Labute approximate surface area is 101 Å². The van der Waals surface area contributed by atoms with Gasteiger partial charge in [0.05, 0.1) is 0 Å². The Morgan fingerprint density at radius 1 is 0.800 bits per heavy atom. The molecular weight excluding hydrogens is 252 g/mol. The maximum atomic E-state index is 12.2. The summed E-state index contributed by atoms with van der Waals surface area (Å²) in [6, 6.07) is 0. The van der Waals surface area contributed by atoms with Crippen molar-refractivity contribution >= 4 is 21.7 Å². The molecule has 2 heteroatoms. The third-order valence-electron chi connectivity index (χ3n) is 4.07. The molecule has 0 atom stereocenters. The molecular formula is C13H21BrO. The topological polar surface area (TPSA) is 17.1 Å². The molecule has 2 saturated carbocycles. The Hall–Kier alpha value is 0.150. The molecule has 0 bridgehead atoms. The fourth-order valence-corrected chi connectivity index (χ4v) is 3.59. The second kappa shape index (κ2) is 5.47. The summed E-state index contributed by atoms with van der Waals surface area (Å²) in [6.45, 7) is 0. The van der Waals surface area contributed by atoms with E-state index < -0.39 is 0 Å². The zero-order valence-electron chi connectivity index (χ0n) is 9.38. The molecule has 2 rings (SSSR count). The number of carbonyl (C=O) groups is 1. The van der Waals surface area contributed by atoms with E-state index in [0.717, 1.165) is 12.8 Å². The van der Waals surface area contributed by atoms with Crippen LogP contribution in [0.3, 0.4) is 0 Å². The third kappa shape index (κ3) is 3.05. The summed E-state index contributed by atoms with van der Waals surface area (Å²) in [5.74, 6) is 1.44. The molecule has 0 aromatic rings. The van der Waals surface area contributed by atoms with E-state index >= 15 is 0 Å². The van der Waals surface area contributed by atoms with Crippen LogP contribution in [0.4, 0.5) is 0 Å². The molecule has 0 radical (unpaired) electrons. The van der Waals surface area contributed by atoms with Gasteiger partial charge in [-0.25, -0.2) is 0 Å². The van der Waals surface area contributed by atoms with Gasteiger partial charge >= 0.3 is 0 Å². The molecule has 0 saturated heterocycles. The van der Waals surface area contributed by atoms with Gasteiger partial charge in [0.25, 0.3) is 0 Å². The number of ketones is 1. The smallest absolute Gasteiger partial charge is 0.139 e. The maximum absolute atomic E-state index is 12.2. The summed E-state index contributed by atoms with van der Waals surface area (Å²) in [5.41, 5.74) is 0. The number of rotatable bonds is 2. The highest BCUT2D eigenvalue weighted by Crippen LogP contribution is 2.34. The van der Waals surface area contributed by atoms with E-state index in [1.165, 1.54) is 44.9 Å². The molecule has 0 spiro atoms. The molecule has 0 unspecified atom stereocenters. The predicted octanol–water partition coefficient (Wildman–Crippen LogP) is 4.09. The number of hydrogen-bond donors (Lipinski definition) is 0. The Balaban J connectivity index is 1.84. The molecule has 0 heterocycles. The van der Waals surface area contributed by atoms with Crippen molar-refractivity contribution in [1.29, 1.82) is 0 Å². The number of carbonyl (C=O) groups excluding carboxylic acids is 1. The van der Waals surface area contributed by atoms with E-state index in [0.29, 0.717) is 22.4 Å². The minimum Gasteiger partial charge on any atom is -0.299 e. The number of halogens is 1. The van der Waals surface area contributed by atoms with Gasteiger partial charge in [0.1, 0.15) is 5.78 Å². The van der Waals surface area contributed by atoms with Crippen molar-refractivity contribution in [2.24, 2.45) is 11.8 Å². The molecule has 2 aliphatic rings. The van der Waals surface area contributed by atoms with Crippen LogP contribution < -0.4 is 0 Å². The van der Waals surface area contributed by atoms with Crippen LogP contribution in [0.2, 0.25) is 0 Å². The van der Waals surface area contributed by atoms with E-state index in [4.69, 9.17) is 0 Å². The standard InChI is InChI=1S/C13H21BrO/c14-12-8-6-11(7-9-12)13(15)10-4-2-1-3-5-10/h10-12H,1-9H2.